The number of hydrogen-bond acceptors (Lipinski definition) is 2. The third kappa shape index (κ3) is 1.40. The highest BCUT2D eigenvalue weighted by atomic mass is 16.1. The molecule has 0 unspecified atom stereocenters. The van der Waals surface area contributed by atoms with Gasteiger partial charge in [-0.2, -0.15) is 5.10 Å². The first-order valence-corrected chi connectivity index (χ1v) is 4.97. The second-order valence-electron chi connectivity index (χ2n) is 3.53. The van der Waals surface area contributed by atoms with Crippen LogP contribution >= 0.6 is 0 Å². The van der Waals surface area contributed by atoms with Gasteiger partial charge in [0.2, 0.25) is 0 Å². The average Bonchev–Trinajstić information content (AvgIpc) is 2.73. The van der Waals surface area contributed by atoms with Crippen LogP contribution in [0.25, 0.3) is 16.9 Å². The van der Waals surface area contributed by atoms with Crippen molar-refractivity contribution in [1.29, 1.82) is 0 Å². The van der Waals surface area contributed by atoms with Crippen LogP contribution in [-0.2, 0) is 0 Å². The van der Waals surface area contributed by atoms with E-state index in [0.29, 0.717) is 5.65 Å². The second-order valence-corrected chi connectivity index (χ2v) is 3.53. The molecule has 0 aliphatic carbocycles. The van der Waals surface area contributed by atoms with Crippen LogP contribution in [-0.4, -0.2) is 14.6 Å². The van der Waals surface area contributed by atoms with E-state index >= 15 is 0 Å². The fourth-order valence-electron chi connectivity index (χ4n) is 1.66. The van der Waals surface area contributed by atoms with E-state index in [0.717, 1.165) is 11.3 Å². The largest absolute Gasteiger partial charge is 0.307 e. The van der Waals surface area contributed by atoms with Crippen LogP contribution in [0.2, 0.25) is 0 Å². The first-order valence-electron chi connectivity index (χ1n) is 4.97. The second kappa shape index (κ2) is 3.34. The fraction of sp³-hybridized carbons (Fsp3) is 0. The molecule has 3 rings (SSSR count). The average molecular weight is 211 g/mol. The predicted octanol–water partition coefficient (Wildman–Crippen LogP) is 1.69. The van der Waals surface area contributed by atoms with Gasteiger partial charge in [-0.15, -0.1) is 0 Å². The van der Waals surface area contributed by atoms with Gasteiger partial charge in [0.05, 0.1) is 5.69 Å². The van der Waals surface area contributed by atoms with E-state index in [-0.39, 0.29) is 5.56 Å². The minimum absolute atomic E-state index is 0.119. The molecule has 0 bridgehead atoms. The number of fused-ring (bicyclic) bond motifs is 1. The van der Waals surface area contributed by atoms with Gasteiger partial charge in [0.25, 0.3) is 5.56 Å². The molecular weight excluding hydrogens is 202 g/mol. The number of hydrogen-bond donors (Lipinski definition) is 1. The van der Waals surface area contributed by atoms with Crippen molar-refractivity contribution in [3.63, 3.8) is 0 Å². The molecule has 0 radical (unpaired) electrons. The van der Waals surface area contributed by atoms with Crippen molar-refractivity contribution in [2.75, 3.05) is 0 Å². The van der Waals surface area contributed by atoms with Gasteiger partial charge in [-0.1, -0.05) is 30.3 Å². The van der Waals surface area contributed by atoms with Crippen LogP contribution in [0.5, 0.6) is 0 Å². The lowest BCUT2D eigenvalue weighted by Crippen LogP contribution is -2.05. The van der Waals surface area contributed by atoms with Crippen LogP contribution in [0, 0.1) is 0 Å². The molecule has 4 nitrogen and oxygen atoms in total. The summed E-state index contributed by atoms with van der Waals surface area (Å²) in [5.74, 6) is 0. The minimum Gasteiger partial charge on any atom is -0.307 e. The zero-order chi connectivity index (χ0) is 11.0. The highest BCUT2D eigenvalue weighted by molar-refractivity contribution is 5.63. The number of aromatic nitrogens is 3. The molecule has 0 spiro atoms. The molecule has 0 fully saturated rings. The summed E-state index contributed by atoms with van der Waals surface area (Å²) in [5.41, 5.74) is 2.47. The van der Waals surface area contributed by atoms with Crippen molar-refractivity contribution in [3.05, 3.63) is 59.0 Å². The first kappa shape index (κ1) is 8.91. The van der Waals surface area contributed by atoms with E-state index in [1.807, 2.05) is 36.4 Å². The Hall–Kier alpha value is -2.36. The summed E-state index contributed by atoms with van der Waals surface area (Å²) in [4.78, 5) is 13.9. The maximum atomic E-state index is 11.1. The van der Waals surface area contributed by atoms with Crippen LogP contribution in [0.1, 0.15) is 0 Å². The Morgan fingerprint density at radius 2 is 1.94 bits per heavy atom. The summed E-state index contributed by atoms with van der Waals surface area (Å²) in [5, 5.41) is 4.37. The maximum absolute atomic E-state index is 11.1. The maximum Gasteiger partial charge on any atom is 0.251 e. The molecule has 0 atom stereocenters. The Balaban J connectivity index is 2.23. The molecule has 78 valence electrons. The number of benzene rings is 1. The predicted molar refractivity (Wildman–Crippen MR) is 61.2 cm³/mol. The summed E-state index contributed by atoms with van der Waals surface area (Å²) in [7, 11) is 0. The quantitative estimate of drug-likeness (QED) is 0.665. The monoisotopic (exact) mass is 211 g/mol. The number of nitrogens with zero attached hydrogens (tertiary/aromatic N) is 2. The van der Waals surface area contributed by atoms with E-state index in [9.17, 15) is 4.79 Å². The van der Waals surface area contributed by atoms with E-state index in [4.69, 9.17) is 0 Å². The van der Waals surface area contributed by atoms with E-state index in [1.165, 1.54) is 6.07 Å². The van der Waals surface area contributed by atoms with Gasteiger partial charge in [0.15, 0.2) is 0 Å². The standard InChI is InChI=1S/C12H9N3O/c16-12-6-7-15-11(13-12)8-10(14-15)9-4-2-1-3-5-9/h1-8H,(H,13,16). The smallest absolute Gasteiger partial charge is 0.251 e. The molecule has 3 aromatic rings. The fourth-order valence-corrected chi connectivity index (χ4v) is 1.66. The Morgan fingerprint density at radius 1 is 1.12 bits per heavy atom. The SMILES string of the molecule is O=c1ccn2nc(-c3ccccc3)cc2[nH]1. The van der Waals surface area contributed by atoms with Crippen molar-refractivity contribution >= 4 is 5.65 Å². The summed E-state index contributed by atoms with van der Waals surface area (Å²) < 4.78 is 1.66. The molecule has 1 N–H and O–H groups in total. The number of rotatable bonds is 1. The highest BCUT2D eigenvalue weighted by Crippen LogP contribution is 2.17. The van der Waals surface area contributed by atoms with Crippen molar-refractivity contribution in [2.45, 2.75) is 0 Å². The third-order valence-electron chi connectivity index (χ3n) is 2.42. The summed E-state index contributed by atoms with van der Waals surface area (Å²) >= 11 is 0. The van der Waals surface area contributed by atoms with Gasteiger partial charge in [0.1, 0.15) is 5.65 Å². The lowest BCUT2D eigenvalue weighted by Gasteiger charge is -1.92. The van der Waals surface area contributed by atoms with Gasteiger partial charge in [-0.3, -0.25) is 4.79 Å². The van der Waals surface area contributed by atoms with Crippen LogP contribution < -0.4 is 5.56 Å². The lowest BCUT2D eigenvalue weighted by molar-refractivity contribution is 0.934. The summed E-state index contributed by atoms with van der Waals surface area (Å²) in [6.07, 6.45) is 1.65. The van der Waals surface area contributed by atoms with Gasteiger partial charge in [-0.25, -0.2) is 4.52 Å². The van der Waals surface area contributed by atoms with Gasteiger partial charge in [0, 0.05) is 23.9 Å². The van der Waals surface area contributed by atoms with Gasteiger partial charge in [-0.05, 0) is 0 Å². The molecule has 1 aromatic carbocycles. The van der Waals surface area contributed by atoms with Crippen molar-refractivity contribution in [1.82, 2.24) is 14.6 Å². The highest BCUT2D eigenvalue weighted by Gasteiger charge is 2.03. The lowest BCUT2D eigenvalue weighted by atomic mass is 10.2. The van der Waals surface area contributed by atoms with Crippen LogP contribution in [0.3, 0.4) is 0 Å². The molecule has 0 aliphatic rings. The molecule has 16 heavy (non-hydrogen) atoms. The molecule has 0 amide bonds. The van der Waals surface area contributed by atoms with E-state index in [2.05, 4.69) is 10.1 Å². The zero-order valence-corrected chi connectivity index (χ0v) is 8.42. The normalized spacial score (nSPS) is 10.8. The van der Waals surface area contributed by atoms with Gasteiger partial charge < -0.3 is 4.98 Å². The zero-order valence-electron chi connectivity index (χ0n) is 8.42. The molecule has 0 saturated carbocycles. The molecule has 2 heterocycles. The molecular formula is C12H9N3O. The van der Waals surface area contributed by atoms with Gasteiger partial charge >= 0.3 is 0 Å². The third-order valence-corrected chi connectivity index (χ3v) is 2.42. The molecule has 4 heteroatoms. The first-order chi connectivity index (χ1) is 7.83. The summed E-state index contributed by atoms with van der Waals surface area (Å²) in [6, 6.07) is 13.2. The number of nitrogens with one attached hydrogen (secondary N) is 1. The summed E-state index contributed by atoms with van der Waals surface area (Å²) in [6.45, 7) is 0. The van der Waals surface area contributed by atoms with Crippen LogP contribution in [0.15, 0.2) is 53.5 Å². The Morgan fingerprint density at radius 3 is 2.75 bits per heavy atom. The minimum atomic E-state index is -0.119. The van der Waals surface area contributed by atoms with E-state index in [1.54, 1.807) is 10.7 Å². The van der Waals surface area contributed by atoms with Crippen molar-refractivity contribution in [3.8, 4) is 11.3 Å². The van der Waals surface area contributed by atoms with Crippen molar-refractivity contribution in [2.24, 2.45) is 0 Å². The number of aromatic amines is 1. The van der Waals surface area contributed by atoms with E-state index < -0.39 is 0 Å². The molecule has 0 saturated heterocycles. The molecule has 2 aromatic heterocycles. The topological polar surface area (TPSA) is 50.2 Å². The Bertz CT molecular complexity index is 682. The molecule has 0 aliphatic heterocycles. The Labute approximate surface area is 91.2 Å². The number of H-pyrrole nitrogens is 1. The van der Waals surface area contributed by atoms with Crippen LogP contribution in [0.4, 0.5) is 0 Å². The Kier molecular flexibility index (Phi) is 1.86. The van der Waals surface area contributed by atoms with Crippen molar-refractivity contribution < 1.29 is 0 Å².